The maximum Gasteiger partial charge on any atom is 0.255 e. The average Bonchev–Trinajstić information content (AvgIpc) is 3.17. The fraction of sp³-hybridized carbons (Fsp3) is 0.0698. The summed E-state index contributed by atoms with van der Waals surface area (Å²) in [5, 5.41) is 27.1. The summed E-state index contributed by atoms with van der Waals surface area (Å²) in [6.45, 7) is 1.04. The van der Waals surface area contributed by atoms with Gasteiger partial charge in [0.15, 0.2) is 5.96 Å². The summed E-state index contributed by atoms with van der Waals surface area (Å²) in [4.78, 5) is 28.5. The van der Waals surface area contributed by atoms with E-state index in [0.29, 0.717) is 41.2 Å². The number of benzene rings is 6. The van der Waals surface area contributed by atoms with Crippen LogP contribution in [0.25, 0.3) is 21.9 Å². The second-order valence-electron chi connectivity index (χ2n) is 12.1. The molecular formula is C43H35N7O2. The Morgan fingerprint density at radius 1 is 0.750 bits per heavy atom. The van der Waals surface area contributed by atoms with Crippen molar-refractivity contribution in [3.05, 3.63) is 161 Å². The Morgan fingerprint density at radius 2 is 1.40 bits per heavy atom. The number of nitrogens with one attached hydrogen (secondary N) is 4. The fourth-order valence-electron chi connectivity index (χ4n) is 5.79. The summed E-state index contributed by atoms with van der Waals surface area (Å²) in [6, 6.07) is 44.3. The lowest BCUT2D eigenvalue weighted by atomic mass is 9.97. The molecule has 6 aromatic carbocycles. The third kappa shape index (κ3) is 8.61. The van der Waals surface area contributed by atoms with Gasteiger partial charge in [0.1, 0.15) is 0 Å². The molecule has 0 bridgehead atoms. The third-order valence-electron chi connectivity index (χ3n) is 8.50. The number of amides is 2. The van der Waals surface area contributed by atoms with Gasteiger partial charge >= 0.3 is 0 Å². The molecule has 0 fully saturated rings. The van der Waals surface area contributed by atoms with E-state index in [1.54, 1.807) is 18.2 Å². The molecule has 0 heterocycles. The van der Waals surface area contributed by atoms with E-state index in [-0.39, 0.29) is 24.3 Å². The number of carbonyl (C=O) groups is 2. The van der Waals surface area contributed by atoms with Gasteiger partial charge in [-0.15, -0.1) is 6.42 Å². The first-order chi connectivity index (χ1) is 25.3. The van der Waals surface area contributed by atoms with Crippen LogP contribution >= 0.6 is 0 Å². The Hall–Kier alpha value is -7.36. The van der Waals surface area contributed by atoms with Gasteiger partial charge in [0.25, 0.3) is 5.91 Å². The monoisotopic (exact) mass is 681 g/mol. The van der Waals surface area contributed by atoms with Crippen LogP contribution in [0.2, 0.25) is 0 Å². The molecule has 0 unspecified atom stereocenters. The maximum absolute atomic E-state index is 13.6. The summed E-state index contributed by atoms with van der Waals surface area (Å²) in [6.07, 6.45) is 5.56. The molecule has 0 saturated carbocycles. The zero-order valence-corrected chi connectivity index (χ0v) is 28.2. The van der Waals surface area contributed by atoms with Gasteiger partial charge in [0.05, 0.1) is 18.2 Å². The van der Waals surface area contributed by atoms with Crippen LogP contribution in [-0.2, 0) is 17.9 Å². The Bertz CT molecular complexity index is 2280. The Labute approximate surface area is 302 Å². The van der Waals surface area contributed by atoms with Gasteiger partial charge < -0.3 is 26.6 Å². The van der Waals surface area contributed by atoms with E-state index in [2.05, 4.69) is 32.8 Å². The minimum atomic E-state index is -0.382. The van der Waals surface area contributed by atoms with Crippen LogP contribution in [0.15, 0.2) is 133 Å². The van der Waals surface area contributed by atoms with E-state index in [4.69, 9.17) is 17.6 Å². The van der Waals surface area contributed by atoms with Crippen molar-refractivity contribution in [2.24, 2.45) is 5.73 Å². The summed E-state index contributed by atoms with van der Waals surface area (Å²) in [5.41, 5.74) is 12.9. The van der Waals surface area contributed by atoms with Crippen molar-refractivity contribution in [3.63, 3.8) is 0 Å². The smallest absolute Gasteiger partial charge is 0.255 e. The highest BCUT2D eigenvalue weighted by Gasteiger charge is 2.16. The van der Waals surface area contributed by atoms with Gasteiger partial charge in [-0.25, -0.2) is 0 Å². The van der Waals surface area contributed by atoms with Gasteiger partial charge in [-0.3, -0.25) is 15.0 Å². The molecule has 0 saturated heterocycles. The molecule has 6 N–H and O–H groups in total. The van der Waals surface area contributed by atoms with E-state index in [0.717, 1.165) is 38.7 Å². The highest BCUT2D eigenvalue weighted by molar-refractivity contribution is 6.07. The summed E-state index contributed by atoms with van der Waals surface area (Å²) < 4.78 is 0. The van der Waals surface area contributed by atoms with Crippen LogP contribution in [0.4, 0.5) is 17.1 Å². The molecule has 0 aliphatic rings. The van der Waals surface area contributed by atoms with E-state index in [1.165, 1.54) is 0 Å². The molecule has 0 aliphatic carbocycles. The molecule has 0 spiro atoms. The molecule has 0 aliphatic heterocycles. The van der Waals surface area contributed by atoms with Crippen LogP contribution in [-0.4, -0.2) is 24.3 Å². The van der Waals surface area contributed by atoms with Crippen molar-refractivity contribution in [3.8, 4) is 29.5 Å². The Kier molecular flexibility index (Phi) is 10.5. The number of carbonyl (C=O) groups excluding carboxylic acids is 2. The van der Waals surface area contributed by atoms with Crippen molar-refractivity contribution in [2.75, 3.05) is 22.1 Å². The number of anilines is 3. The molecule has 9 heteroatoms. The van der Waals surface area contributed by atoms with Crippen LogP contribution in [0.5, 0.6) is 0 Å². The molecule has 0 aromatic heterocycles. The number of guanidine groups is 1. The molecular weight excluding hydrogens is 647 g/mol. The summed E-state index contributed by atoms with van der Waals surface area (Å²) in [5.74, 6) is 1.66. The first-order valence-electron chi connectivity index (χ1n) is 16.5. The summed E-state index contributed by atoms with van der Waals surface area (Å²) >= 11 is 0. The summed E-state index contributed by atoms with van der Waals surface area (Å²) in [7, 11) is 0. The van der Waals surface area contributed by atoms with Gasteiger partial charge in [-0.1, -0.05) is 66.6 Å². The number of hydrogen-bond acceptors (Lipinski definition) is 5. The van der Waals surface area contributed by atoms with Crippen molar-refractivity contribution < 1.29 is 9.59 Å². The van der Waals surface area contributed by atoms with Crippen molar-refractivity contribution in [1.82, 2.24) is 5.32 Å². The van der Waals surface area contributed by atoms with Crippen molar-refractivity contribution >= 4 is 45.6 Å². The molecule has 6 aromatic rings. The molecule has 9 nitrogen and oxygen atoms in total. The zero-order valence-electron chi connectivity index (χ0n) is 28.2. The Morgan fingerprint density at radius 3 is 2.04 bits per heavy atom. The predicted molar refractivity (Wildman–Crippen MR) is 208 cm³/mol. The van der Waals surface area contributed by atoms with E-state index >= 15 is 0 Å². The van der Waals surface area contributed by atoms with Gasteiger partial charge in [0.2, 0.25) is 5.91 Å². The predicted octanol–water partition coefficient (Wildman–Crippen LogP) is 7.24. The molecule has 2 amide bonds. The first-order valence-corrected chi connectivity index (χ1v) is 16.5. The molecule has 6 rings (SSSR count). The lowest BCUT2D eigenvalue weighted by Crippen LogP contribution is -2.36. The minimum absolute atomic E-state index is 0.173. The highest BCUT2D eigenvalue weighted by atomic mass is 16.2. The first kappa shape index (κ1) is 34.5. The normalized spacial score (nSPS) is 10.4. The molecule has 52 heavy (non-hydrogen) atoms. The number of hydrogen-bond donors (Lipinski definition) is 5. The standard InChI is InChI=1S/C43H35N7O2/c1-2-29-7-11-31(12-8-29)27-50(28-32-13-9-30(25-44)10-14-32)38-20-18-37(19-21-38)48-42(52)36-17-22-40(49-41(51)26-47-43(45)46)39(24-36)35-16-15-33-5-3-4-6-34(33)23-35/h1,3-24H,26-28H2,(H,48,52)(H,49,51)(H4,45,46,47). The average molecular weight is 682 g/mol. The van der Waals surface area contributed by atoms with E-state index < -0.39 is 0 Å². The third-order valence-corrected chi connectivity index (χ3v) is 8.50. The van der Waals surface area contributed by atoms with Crippen LogP contribution < -0.4 is 26.6 Å². The quantitative estimate of drug-likeness (QED) is 0.0554. The number of fused-ring (bicyclic) bond motifs is 1. The zero-order chi connectivity index (χ0) is 36.5. The number of terminal acetylenes is 1. The SMILES string of the molecule is C#Cc1ccc(CN(Cc2ccc(C#N)cc2)c2ccc(NC(=O)c3ccc(NC(=O)CNC(=N)N)c(-c4ccc5ccccc5c4)c3)cc2)cc1. The Balaban J connectivity index is 1.24. The van der Waals surface area contributed by atoms with E-state index in [9.17, 15) is 14.9 Å². The fourth-order valence-corrected chi connectivity index (χ4v) is 5.79. The topological polar surface area (TPSA) is 147 Å². The van der Waals surface area contributed by atoms with Gasteiger partial charge in [0, 0.05) is 46.8 Å². The van der Waals surface area contributed by atoms with E-state index in [1.807, 2.05) is 115 Å². The highest BCUT2D eigenvalue weighted by Crippen LogP contribution is 2.32. The number of rotatable bonds is 11. The number of nitriles is 1. The van der Waals surface area contributed by atoms with Crippen LogP contribution in [0.3, 0.4) is 0 Å². The van der Waals surface area contributed by atoms with Crippen LogP contribution in [0, 0.1) is 29.1 Å². The molecule has 0 atom stereocenters. The number of nitrogens with zero attached hydrogens (tertiary/aromatic N) is 2. The number of nitrogens with two attached hydrogens (primary N) is 1. The van der Waals surface area contributed by atoms with Crippen LogP contribution in [0.1, 0.15) is 32.6 Å². The van der Waals surface area contributed by atoms with Gasteiger partial charge in [-0.05, 0) is 100 Å². The lowest BCUT2D eigenvalue weighted by molar-refractivity contribution is -0.115. The van der Waals surface area contributed by atoms with Gasteiger partial charge in [-0.2, -0.15) is 5.26 Å². The molecule has 0 radical (unpaired) electrons. The van der Waals surface area contributed by atoms with Crippen molar-refractivity contribution in [1.29, 1.82) is 10.7 Å². The second kappa shape index (κ2) is 15.9. The second-order valence-corrected chi connectivity index (χ2v) is 12.1. The van der Waals surface area contributed by atoms with Crippen molar-refractivity contribution in [2.45, 2.75) is 13.1 Å². The lowest BCUT2D eigenvalue weighted by Gasteiger charge is -2.26. The molecule has 254 valence electrons. The largest absolute Gasteiger partial charge is 0.370 e. The maximum atomic E-state index is 13.6. The minimum Gasteiger partial charge on any atom is -0.370 e.